The highest BCUT2D eigenvalue weighted by Gasteiger charge is 2.45. The monoisotopic (exact) mass is 315 g/mol. The highest BCUT2D eigenvalue weighted by atomic mass is 35.5. The number of aliphatic carboxylic acids is 1. The molecule has 1 N–H and O–H groups in total. The first kappa shape index (κ1) is 16.9. The molecule has 0 amide bonds. The van der Waals surface area contributed by atoms with Crippen LogP contribution in [0.2, 0.25) is 5.02 Å². The first-order valence-corrected chi connectivity index (χ1v) is 6.44. The maximum absolute atomic E-state index is 11.9. The number of hydrogen-bond donors (Lipinski definition) is 1. The van der Waals surface area contributed by atoms with Crippen LogP contribution >= 0.6 is 11.6 Å². The summed E-state index contributed by atoms with van der Waals surface area (Å²) in [6.07, 6.45) is -0.433. The zero-order valence-electron chi connectivity index (χ0n) is 11.5. The molecule has 1 aromatic carbocycles. The molecule has 0 aliphatic rings. The van der Waals surface area contributed by atoms with Crippen molar-refractivity contribution in [3.63, 3.8) is 0 Å². The van der Waals surface area contributed by atoms with Gasteiger partial charge in [-0.25, -0.2) is 0 Å². The molecule has 1 rings (SSSR count). The van der Waals surface area contributed by atoms with Crippen LogP contribution in [0.4, 0.5) is 5.69 Å². The second kappa shape index (κ2) is 6.53. The van der Waals surface area contributed by atoms with Crippen LogP contribution in [0, 0.1) is 15.5 Å². The third kappa shape index (κ3) is 3.49. The van der Waals surface area contributed by atoms with Crippen molar-refractivity contribution in [2.24, 2.45) is 5.41 Å². The molecule has 21 heavy (non-hydrogen) atoms. The molecule has 0 aromatic heterocycles. The third-order valence-corrected chi connectivity index (χ3v) is 3.37. The molecule has 0 saturated carbocycles. The Morgan fingerprint density at radius 2 is 2.10 bits per heavy atom. The fourth-order valence-corrected chi connectivity index (χ4v) is 2.01. The molecule has 8 heteroatoms. The topological polar surface area (TPSA) is 107 Å². The molecule has 7 nitrogen and oxygen atoms in total. The van der Waals surface area contributed by atoms with Crippen LogP contribution in [0.15, 0.2) is 18.2 Å². The van der Waals surface area contributed by atoms with E-state index >= 15 is 0 Å². The highest BCUT2D eigenvalue weighted by Crippen LogP contribution is 2.34. The lowest BCUT2D eigenvalue weighted by molar-refractivity contribution is -0.385. The number of carboxylic acid groups (broad SMARTS) is 1. The Hall–Kier alpha value is -2.15. The summed E-state index contributed by atoms with van der Waals surface area (Å²) in [4.78, 5) is 33.6. The maximum Gasteiger partial charge on any atom is 0.323 e. The number of carboxylic acids is 1. The summed E-state index contributed by atoms with van der Waals surface area (Å²) in [5, 5.41) is 20.3. The van der Waals surface area contributed by atoms with Crippen molar-refractivity contribution in [2.45, 2.75) is 20.3 Å². The Labute approximate surface area is 125 Å². The molecular formula is C13H14ClNO6. The number of carbonyl (C=O) groups is 2. The molecule has 0 heterocycles. The van der Waals surface area contributed by atoms with E-state index in [-0.39, 0.29) is 22.9 Å². The van der Waals surface area contributed by atoms with E-state index in [0.717, 1.165) is 6.92 Å². The van der Waals surface area contributed by atoms with Gasteiger partial charge < -0.3 is 9.84 Å². The van der Waals surface area contributed by atoms with Gasteiger partial charge in [0.1, 0.15) is 0 Å². The largest absolute Gasteiger partial charge is 0.480 e. The molecule has 0 bridgehead atoms. The van der Waals surface area contributed by atoms with Crippen molar-refractivity contribution in [1.29, 1.82) is 0 Å². The molecule has 0 aliphatic carbocycles. The van der Waals surface area contributed by atoms with E-state index in [1.54, 1.807) is 0 Å². The van der Waals surface area contributed by atoms with Crippen molar-refractivity contribution in [3.8, 4) is 0 Å². The molecule has 0 radical (unpaired) electrons. The smallest absolute Gasteiger partial charge is 0.323 e. The average Bonchev–Trinajstić information content (AvgIpc) is 2.40. The quantitative estimate of drug-likeness (QED) is 0.374. The number of ether oxygens (including phenoxy) is 1. The number of carbonyl (C=O) groups excluding carboxylic acids is 1. The lowest BCUT2D eigenvalue weighted by atomic mass is 9.83. The molecule has 0 aliphatic heterocycles. The van der Waals surface area contributed by atoms with E-state index in [2.05, 4.69) is 0 Å². The number of nitrogens with zero attached hydrogens (tertiary/aromatic N) is 1. The van der Waals surface area contributed by atoms with Crippen molar-refractivity contribution in [2.75, 3.05) is 6.61 Å². The van der Waals surface area contributed by atoms with Gasteiger partial charge in [0, 0.05) is 12.5 Å². The number of benzene rings is 1. The molecule has 1 unspecified atom stereocenters. The maximum atomic E-state index is 11.9. The molecular weight excluding hydrogens is 302 g/mol. The van der Waals surface area contributed by atoms with Gasteiger partial charge in [0.2, 0.25) is 0 Å². The molecule has 114 valence electrons. The van der Waals surface area contributed by atoms with E-state index < -0.39 is 28.7 Å². The van der Waals surface area contributed by atoms with Gasteiger partial charge in [0.15, 0.2) is 5.41 Å². The minimum absolute atomic E-state index is 0.00627. The number of halogens is 1. The van der Waals surface area contributed by atoms with Crippen molar-refractivity contribution in [3.05, 3.63) is 38.9 Å². The van der Waals surface area contributed by atoms with Crippen molar-refractivity contribution >= 4 is 29.2 Å². The van der Waals surface area contributed by atoms with Crippen molar-refractivity contribution < 1.29 is 24.4 Å². The van der Waals surface area contributed by atoms with Crippen molar-refractivity contribution in [1.82, 2.24) is 0 Å². The summed E-state index contributed by atoms with van der Waals surface area (Å²) in [5.41, 5.74) is -2.30. The normalized spacial score (nSPS) is 13.3. The van der Waals surface area contributed by atoms with E-state index in [4.69, 9.17) is 16.3 Å². The molecule has 0 saturated heterocycles. The first-order chi connectivity index (χ1) is 9.74. The van der Waals surface area contributed by atoms with Gasteiger partial charge in [-0.15, -0.1) is 0 Å². The summed E-state index contributed by atoms with van der Waals surface area (Å²) in [6.45, 7) is 2.70. The minimum atomic E-state index is -1.95. The van der Waals surface area contributed by atoms with Crippen LogP contribution in [0.25, 0.3) is 0 Å². The lowest BCUT2D eigenvalue weighted by Crippen LogP contribution is -2.40. The first-order valence-electron chi connectivity index (χ1n) is 6.06. The highest BCUT2D eigenvalue weighted by molar-refractivity contribution is 6.31. The van der Waals surface area contributed by atoms with Crippen LogP contribution in [0.5, 0.6) is 0 Å². The van der Waals surface area contributed by atoms with Gasteiger partial charge in [0.25, 0.3) is 5.69 Å². The number of rotatable bonds is 6. The fourth-order valence-electron chi connectivity index (χ4n) is 1.77. The van der Waals surface area contributed by atoms with E-state index in [9.17, 15) is 24.8 Å². The van der Waals surface area contributed by atoms with E-state index in [1.165, 1.54) is 25.1 Å². The molecule has 0 fully saturated rings. The Morgan fingerprint density at radius 1 is 1.48 bits per heavy atom. The second-order valence-corrected chi connectivity index (χ2v) is 4.94. The number of nitro benzene ring substituents is 1. The SMILES string of the molecule is CCOC(=O)C(C)(Cc1c(Cl)cccc1[N+](=O)[O-])C(=O)O. The number of hydrogen-bond acceptors (Lipinski definition) is 5. The third-order valence-electron chi connectivity index (χ3n) is 3.02. The van der Waals surface area contributed by atoms with Gasteiger partial charge in [-0.1, -0.05) is 17.7 Å². The number of esters is 1. The standard InChI is InChI=1S/C13H14ClNO6/c1-3-21-12(18)13(2,11(16)17)7-8-9(14)5-4-6-10(8)15(19)20/h4-6H,3,7H2,1-2H3,(H,16,17). The second-order valence-electron chi connectivity index (χ2n) is 4.53. The summed E-state index contributed by atoms with van der Waals surface area (Å²) >= 11 is 5.92. The van der Waals surface area contributed by atoms with Gasteiger partial charge in [-0.3, -0.25) is 19.7 Å². The van der Waals surface area contributed by atoms with Crippen LogP contribution in [0.1, 0.15) is 19.4 Å². The summed E-state index contributed by atoms with van der Waals surface area (Å²) in [6, 6.07) is 3.98. The summed E-state index contributed by atoms with van der Waals surface area (Å²) in [5.74, 6) is -2.40. The van der Waals surface area contributed by atoms with Crippen LogP contribution in [0.3, 0.4) is 0 Å². The van der Waals surface area contributed by atoms with Gasteiger partial charge in [-0.2, -0.15) is 0 Å². The van der Waals surface area contributed by atoms with E-state index in [0.29, 0.717) is 0 Å². The van der Waals surface area contributed by atoms with Crippen LogP contribution < -0.4 is 0 Å². The van der Waals surface area contributed by atoms with Gasteiger partial charge >= 0.3 is 11.9 Å². The Balaban J connectivity index is 3.32. The Morgan fingerprint density at radius 3 is 2.57 bits per heavy atom. The molecule has 0 spiro atoms. The van der Waals surface area contributed by atoms with Gasteiger partial charge in [-0.05, 0) is 19.9 Å². The van der Waals surface area contributed by atoms with Crippen LogP contribution in [-0.2, 0) is 20.7 Å². The predicted molar refractivity (Wildman–Crippen MR) is 74.2 cm³/mol. The molecule has 1 aromatic rings. The average molecular weight is 316 g/mol. The number of nitro groups is 1. The minimum Gasteiger partial charge on any atom is -0.480 e. The fraction of sp³-hybridized carbons (Fsp3) is 0.385. The zero-order chi connectivity index (χ0) is 16.2. The van der Waals surface area contributed by atoms with Crippen LogP contribution in [-0.4, -0.2) is 28.6 Å². The summed E-state index contributed by atoms with van der Waals surface area (Å²) in [7, 11) is 0. The summed E-state index contributed by atoms with van der Waals surface area (Å²) < 4.78 is 4.75. The predicted octanol–water partition coefficient (Wildman–Crippen LogP) is 2.44. The molecule has 1 atom stereocenters. The van der Waals surface area contributed by atoms with Gasteiger partial charge in [0.05, 0.1) is 22.1 Å². The Kier molecular flexibility index (Phi) is 5.26. The van der Waals surface area contributed by atoms with E-state index in [1.807, 2.05) is 0 Å². The Bertz CT molecular complexity index is 588. The lowest BCUT2D eigenvalue weighted by Gasteiger charge is -2.22. The zero-order valence-corrected chi connectivity index (χ0v) is 12.2.